The van der Waals surface area contributed by atoms with E-state index in [0.29, 0.717) is 11.6 Å². The predicted octanol–water partition coefficient (Wildman–Crippen LogP) is 2.39. The maximum Gasteiger partial charge on any atom is 0.143 e. The van der Waals surface area contributed by atoms with Crippen molar-refractivity contribution in [3.63, 3.8) is 0 Å². The van der Waals surface area contributed by atoms with E-state index in [2.05, 4.69) is 20.5 Å². The highest BCUT2D eigenvalue weighted by Crippen LogP contribution is 2.30. The first-order valence-electron chi connectivity index (χ1n) is 7.40. The van der Waals surface area contributed by atoms with Gasteiger partial charge in [-0.05, 0) is 30.9 Å². The maximum atomic E-state index is 5.89. The number of aromatic nitrogens is 2. The lowest BCUT2D eigenvalue weighted by Gasteiger charge is -2.34. The molecule has 1 fully saturated rings. The molecule has 21 heavy (non-hydrogen) atoms. The Morgan fingerprint density at radius 2 is 2.33 bits per heavy atom. The van der Waals surface area contributed by atoms with Crippen molar-refractivity contribution in [3.8, 4) is 5.75 Å². The Morgan fingerprint density at radius 3 is 3.10 bits per heavy atom. The van der Waals surface area contributed by atoms with E-state index in [1.54, 1.807) is 7.11 Å². The van der Waals surface area contributed by atoms with Crippen molar-refractivity contribution in [2.45, 2.75) is 19.4 Å². The second-order valence-electron chi connectivity index (χ2n) is 5.64. The highest BCUT2D eigenvalue weighted by Gasteiger charge is 2.21. The number of rotatable bonds is 4. The molecule has 3 rings (SSSR count). The Morgan fingerprint density at radius 1 is 1.43 bits per heavy atom. The number of nitrogen functional groups attached to an aromatic ring is 1. The Balaban J connectivity index is 1.70. The van der Waals surface area contributed by atoms with Gasteiger partial charge in [0.05, 0.1) is 19.1 Å². The minimum absolute atomic E-state index is 0.650. The molecule has 112 valence electrons. The fourth-order valence-corrected chi connectivity index (χ4v) is 3.04. The van der Waals surface area contributed by atoms with E-state index in [1.165, 1.54) is 18.5 Å². The van der Waals surface area contributed by atoms with Crippen LogP contribution in [0.4, 0.5) is 11.4 Å². The lowest BCUT2D eigenvalue weighted by molar-refractivity contribution is 0.366. The van der Waals surface area contributed by atoms with Crippen molar-refractivity contribution < 1.29 is 4.74 Å². The normalized spacial score (nSPS) is 18.7. The van der Waals surface area contributed by atoms with Crippen LogP contribution in [0.2, 0.25) is 0 Å². The second-order valence-corrected chi connectivity index (χ2v) is 5.64. The van der Waals surface area contributed by atoms with Gasteiger partial charge in [0.15, 0.2) is 0 Å². The van der Waals surface area contributed by atoms with E-state index >= 15 is 0 Å². The van der Waals surface area contributed by atoms with Crippen LogP contribution in [-0.4, -0.2) is 29.8 Å². The third kappa shape index (κ3) is 3.12. The summed E-state index contributed by atoms with van der Waals surface area (Å²) in [6.07, 6.45) is 8.24. The van der Waals surface area contributed by atoms with E-state index in [4.69, 9.17) is 10.5 Å². The van der Waals surface area contributed by atoms with E-state index in [9.17, 15) is 0 Å². The van der Waals surface area contributed by atoms with Gasteiger partial charge in [0.1, 0.15) is 5.75 Å². The highest BCUT2D eigenvalue weighted by atomic mass is 16.5. The highest BCUT2D eigenvalue weighted by molar-refractivity contribution is 5.62. The van der Waals surface area contributed by atoms with Crippen LogP contribution >= 0.6 is 0 Å². The SMILES string of the molecule is COc1cc(N2CCCC(Cn3ccnc3)C2)ccc1N. The van der Waals surface area contributed by atoms with Crippen molar-refractivity contribution in [2.24, 2.45) is 5.92 Å². The minimum Gasteiger partial charge on any atom is -0.495 e. The largest absolute Gasteiger partial charge is 0.495 e. The number of benzene rings is 1. The van der Waals surface area contributed by atoms with Gasteiger partial charge in [-0.25, -0.2) is 4.98 Å². The lowest BCUT2D eigenvalue weighted by Crippen LogP contribution is -2.37. The van der Waals surface area contributed by atoms with Gasteiger partial charge in [-0.3, -0.25) is 0 Å². The molecule has 5 heteroatoms. The lowest BCUT2D eigenvalue weighted by atomic mass is 9.97. The zero-order valence-electron chi connectivity index (χ0n) is 12.4. The zero-order chi connectivity index (χ0) is 14.7. The summed E-state index contributed by atoms with van der Waals surface area (Å²) in [4.78, 5) is 6.54. The molecule has 1 aliphatic rings. The van der Waals surface area contributed by atoms with Gasteiger partial charge in [0, 0.05) is 43.8 Å². The third-order valence-electron chi connectivity index (χ3n) is 4.13. The Labute approximate surface area is 125 Å². The third-order valence-corrected chi connectivity index (χ3v) is 4.13. The maximum absolute atomic E-state index is 5.89. The number of ether oxygens (including phenoxy) is 1. The van der Waals surface area contributed by atoms with E-state index in [1.807, 2.05) is 30.9 Å². The molecule has 0 saturated carbocycles. The molecule has 1 aromatic carbocycles. The first-order chi connectivity index (χ1) is 10.3. The van der Waals surface area contributed by atoms with Gasteiger partial charge in [-0.1, -0.05) is 0 Å². The van der Waals surface area contributed by atoms with Gasteiger partial charge >= 0.3 is 0 Å². The monoisotopic (exact) mass is 286 g/mol. The van der Waals surface area contributed by atoms with Gasteiger partial charge in [-0.2, -0.15) is 0 Å². The molecule has 2 heterocycles. The van der Waals surface area contributed by atoms with Crippen LogP contribution in [0.15, 0.2) is 36.9 Å². The quantitative estimate of drug-likeness (QED) is 0.877. The molecular weight excluding hydrogens is 264 g/mol. The fourth-order valence-electron chi connectivity index (χ4n) is 3.04. The molecular formula is C16H22N4O. The van der Waals surface area contributed by atoms with Crippen molar-refractivity contribution in [1.29, 1.82) is 0 Å². The Kier molecular flexibility index (Phi) is 3.99. The summed E-state index contributed by atoms with van der Waals surface area (Å²) in [6.45, 7) is 3.18. The van der Waals surface area contributed by atoms with Gasteiger partial charge < -0.3 is 19.9 Å². The molecule has 1 saturated heterocycles. The topological polar surface area (TPSA) is 56.3 Å². The van der Waals surface area contributed by atoms with Crippen molar-refractivity contribution in [1.82, 2.24) is 9.55 Å². The predicted molar refractivity (Wildman–Crippen MR) is 84.6 cm³/mol. The summed E-state index contributed by atoms with van der Waals surface area (Å²) in [7, 11) is 1.66. The summed E-state index contributed by atoms with van der Waals surface area (Å²) < 4.78 is 7.49. The van der Waals surface area contributed by atoms with Crippen LogP contribution in [-0.2, 0) is 6.54 Å². The Bertz CT molecular complexity index is 582. The summed E-state index contributed by atoms with van der Waals surface area (Å²) in [5.41, 5.74) is 7.77. The van der Waals surface area contributed by atoms with Crippen LogP contribution in [0.5, 0.6) is 5.75 Å². The summed E-state index contributed by atoms with van der Waals surface area (Å²) >= 11 is 0. The molecule has 1 atom stereocenters. The van der Waals surface area contributed by atoms with Crippen LogP contribution in [0.3, 0.4) is 0 Å². The number of anilines is 2. The molecule has 5 nitrogen and oxygen atoms in total. The van der Waals surface area contributed by atoms with E-state index in [0.717, 1.165) is 25.4 Å². The molecule has 0 bridgehead atoms. The molecule has 0 amide bonds. The van der Waals surface area contributed by atoms with Gasteiger partial charge in [-0.15, -0.1) is 0 Å². The average Bonchev–Trinajstić information content (AvgIpc) is 3.01. The number of nitrogens with two attached hydrogens (primary N) is 1. The molecule has 1 aliphatic heterocycles. The number of hydrogen-bond donors (Lipinski definition) is 1. The number of hydrogen-bond acceptors (Lipinski definition) is 4. The molecule has 1 aromatic heterocycles. The first-order valence-corrected chi connectivity index (χ1v) is 7.40. The molecule has 0 spiro atoms. The fraction of sp³-hybridized carbons (Fsp3) is 0.438. The molecule has 2 N–H and O–H groups in total. The van der Waals surface area contributed by atoms with E-state index in [-0.39, 0.29) is 0 Å². The van der Waals surface area contributed by atoms with Crippen LogP contribution in [0.1, 0.15) is 12.8 Å². The first kappa shape index (κ1) is 13.8. The van der Waals surface area contributed by atoms with Crippen LogP contribution < -0.4 is 15.4 Å². The second kappa shape index (κ2) is 6.08. The van der Waals surface area contributed by atoms with Crippen molar-refractivity contribution >= 4 is 11.4 Å². The average molecular weight is 286 g/mol. The van der Waals surface area contributed by atoms with Crippen molar-refractivity contribution in [2.75, 3.05) is 30.8 Å². The number of nitrogens with zero attached hydrogens (tertiary/aromatic N) is 3. The number of imidazole rings is 1. The summed E-state index contributed by atoms with van der Waals surface area (Å²) in [6, 6.07) is 6.04. The zero-order valence-corrected chi connectivity index (χ0v) is 12.4. The van der Waals surface area contributed by atoms with Crippen molar-refractivity contribution in [3.05, 3.63) is 36.9 Å². The molecule has 0 aliphatic carbocycles. The molecule has 2 aromatic rings. The molecule has 0 radical (unpaired) electrons. The number of methoxy groups -OCH3 is 1. The van der Waals surface area contributed by atoms with Gasteiger partial charge in [0.25, 0.3) is 0 Å². The standard InChI is InChI=1S/C16H22N4O/c1-21-16-9-14(4-5-15(16)17)20-7-2-3-13(11-20)10-19-8-6-18-12-19/h4-6,8-9,12-13H,2-3,7,10-11,17H2,1H3. The summed E-state index contributed by atoms with van der Waals surface area (Å²) in [5, 5.41) is 0. The minimum atomic E-state index is 0.650. The van der Waals surface area contributed by atoms with E-state index < -0.39 is 0 Å². The van der Waals surface area contributed by atoms with Crippen LogP contribution in [0.25, 0.3) is 0 Å². The summed E-state index contributed by atoms with van der Waals surface area (Å²) in [5.74, 6) is 1.40. The number of piperidine rings is 1. The van der Waals surface area contributed by atoms with Gasteiger partial charge in [0.2, 0.25) is 0 Å². The Hall–Kier alpha value is -2.17. The molecule has 1 unspecified atom stereocenters. The van der Waals surface area contributed by atoms with Crippen LogP contribution in [0, 0.1) is 5.92 Å². The smallest absolute Gasteiger partial charge is 0.143 e.